The van der Waals surface area contributed by atoms with Crippen LogP contribution in [0.2, 0.25) is 0 Å². The quantitative estimate of drug-likeness (QED) is 0.558. The first-order valence-corrected chi connectivity index (χ1v) is 9.31. The summed E-state index contributed by atoms with van der Waals surface area (Å²) in [5.41, 5.74) is 1.29. The molecule has 7 nitrogen and oxygen atoms in total. The first-order chi connectivity index (χ1) is 11.4. The number of nitrogens with one attached hydrogen (secondary N) is 2. The molecule has 0 aliphatic heterocycles. The molecule has 0 fully saturated rings. The molecule has 0 saturated heterocycles. The molecule has 0 bridgehead atoms. The third kappa shape index (κ3) is 6.66. The second kappa shape index (κ2) is 8.30. The number of hydrogen-bond acceptors (Lipinski definition) is 4. The number of aryl methyl sites for hydroxylation is 1. The van der Waals surface area contributed by atoms with Crippen molar-refractivity contribution in [1.82, 2.24) is 14.9 Å². The number of carbonyl (C=O) groups is 1. The van der Waals surface area contributed by atoms with E-state index < -0.39 is 10.0 Å². The molecule has 1 heterocycles. The number of aromatic nitrogens is 2. The van der Waals surface area contributed by atoms with Crippen LogP contribution in [0, 0.1) is 0 Å². The summed E-state index contributed by atoms with van der Waals surface area (Å²) in [5.74, 6) is -0.168. The van der Waals surface area contributed by atoms with Crippen molar-refractivity contribution in [3.05, 3.63) is 54.6 Å². The van der Waals surface area contributed by atoms with Gasteiger partial charge in [0, 0.05) is 37.2 Å². The first-order valence-electron chi connectivity index (χ1n) is 7.42. The van der Waals surface area contributed by atoms with Gasteiger partial charge in [-0.1, -0.05) is 12.1 Å². The van der Waals surface area contributed by atoms with Crippen molar-refractivity contribution in [2.24, 2.45) is 0 Å². The van der Waals surface area contributed by atoms with Crippen LogP contribution in [0.5, 0.6) is 0 Å². The Morgan fingerprint density at radius 1 is 1.29 bits per heavy atom. The Labute approximate surface area is 141 Å². The maximum absolute atomic E-state index is 11.7. The van der Waals surface area contributed by atoms with Gasteiger partial charge in [0.1, 0.15) is 0 Å². The number of sulfonamides is 1. The summed E-state index contributed by atoms with van der Waals surface area (Å²) in [5, 5.41) is 2.81. The highest BCUT2D eigenvalue weighted by Gasteiger charge is 2.01. The van der Waals surface area contributed by atoms with Gasteiger partial charge >= 0.3 is 0 Å². The lowest BCUT2D eigenvalue weighted by Gasteiger charge is -2.04. The van der Waals surface area contributed by atoms with Gasteiger partial charge < -0.3 is 9.88 Å². The molecule has 0 radical (unpaired) electrons. The molecule has 8 heteroatoms. The summed E-state index contributed by atoms with van der Waals surface area (Å²) >= 11 is 0. The van der Waals surface area contributed by atoms with Crippen LogP contribution in [0.1, 0.15) is 12.0 Å². The van der Waals surface area contributed by atoms with Crippen molar-refractivity contribution >= 4 is 27.7 Å². The van der Waals surface area contributed by atoms with E-state index >= 15 is 0 Å². The van der Waals surface area contributed by atoms with Crippen LogP contribution < -0.4 is 10.0 Å². The van der Waals surface area contributed by atoms with E-state index in [1.807, 2.05) is 10.8 Å². The molecule has 0 aliphatic carbocycles. The van der Waals surface area contributed by atoms with E-state index in [0.717, 1.165) is 24.8 Å². The maximum Gasteiger partial charge on any atom is 0.244 e. The third-order valence-corrected chi connectivity index (χ3v) is 3.70. The van der Waals surface area contributed by atoms with E-state index in [4.69, 9.17) is 0 Å². The Bertz CT molecular complexity index is 781. The van der Waals surface area contributed by atoms with Crippen LogP contribution in [0.25, 0.3) is 6.08 Å². The normalized spacial score (nSPS) is 11.5. The molecule has 24 heavy (non-hydrogen) atoms. The van der Waals surface area contributed by atoms with Crippen LogP contribution in [0.4, 0.5) is 5.69 Å². The van der Waals surface area contributed by atoms with Crippen LogP contribution in [0.3, 0.4) is 0 Å². The van der Waals surface area contributed by atoms with E-state index in [1.165, 1.54) is 6.08 Å². The summed E-state index contributed by atoms with van der Waals surface area (Å²) in [7, 11) is -3.28. The van der Waals surface area contributed by atoms with Crippen molar-refractivity contribution in [1.29, 1.82) is 0 Å². The number of carbonyl (C=O) groups excluding carboxylic acids is 1. The Balaban J connectivity index is 1.74. The van der Waals surface area contributed by atoms with Gasteiger partial charge in [-0.15, -0.1) is 0 Å². The molecule has 0 spiro atoms. The van der Waals surface area contributed by atoms with Crippen LogP contribution in [-0.2, 0) is 21.4 Å². The molecule has 0 aliphatic rings. The molecule has 1 aromatic carbocycles. The predicted molar refractivity (Wildman–Crippen MR) is 93.8 cm³/mol. The maximum atomic E-state index is 11.7. The molecule has 2 rings (SSSR count). The monoisotopic (exact) mass is 348 g/mol. The van der Waals surface area contributed by atoms with Gasteiger partial charge in [0.15, 0.2) is 0 Å². The molecule has 2 N–H and O–H groups in total. The number of rotatable bonds is 8. The molecule has 0 atom stereocenters. The number of anilines is 1. The molecular weight excluding hydrogens is 328 g/mol. The SMILES string of the molecule is CS(=O)(=O)Nc1ccc(C=CC(=O)NCCCn2ccnc2)cc1. The van der Waals surface area contributed by atoms with E-state index in [-0.39, 0.29) is 5.91 Å². The van der Waals surface area contributed by atoms with Crippen LogP contribution >= 0.6 is 0 Å². The lowest BCUT2D eigenvalue weighted by molar-refractivity contribution is -0.116. The third-order valence-electron chi connectivity index (χ3n) is 3.09. The summed E-state index contributed by atoms with van der Waals surface area (Å²) in [4.78, 5) is 15.7. The van der Waals surface area contributed by atoms with Gasteiger partial charge in [-0.3, -0.25) is 9.52 Å². The van der Waals surface area contributed by atoms with Crippen molar-refractivity contribution in [2.45, 2.75) is 13.0 Å². The van der Waals surface area contributed by atoms with Gasteiger partial charge in [0.05, 0.1) is 12.6 Å². The molecule has 2 aromatic rings. The molecular formula is C16H20N4O3S. The number of nitrogens with zero attached hydrogens (tertiary/aromatic N) is 2. The van der Waals surface area contributed by atoms with Crippen LogP contribution in [-0.4, -0.2) is 36.7 Å². The summed E-state index contributed by atoms with van der Waals surface area (Å²) in [6.07, 6.45) is 10.4. The van der Waals surface area contributed by atoms with Gasteiger partial charge in [0.2, 0.25) is 15.9 Å². The predicted octanol–water partition coefficient (Wildman–Crippen LogP) is 1.47. The Morgan fingerprint density at radius 3 is 2.67 bits per heavy atom. The van der Waals surface area contributed by atoms with Gasteiger partial charge in [-0.25, -0.2) is 13.4 Å². The Morgan fingerprint density at radius 2 is 2.04 bits per heavy atom. The number of amides is 1. The topological polar surface area (TPSA) is 93.1 Å². The minimum atomic E-state index is -3.28. The lowest BCUT2D eigenvalue weighted by Crippen LogP contribution is -2.22. The van der Waals surface area contributed by atoms with Crippen molar-refractivity contribution in [3.63, 3.8) is 0 Å². The van der Waals surface area contributed by atoms with Gasteiger partial charge in [-0.2, -0.15) is 0 Å². The lowest BCUT2D eigenvalue weighted by atomic mass is 10.2. The standard InChI is InChI=1S/C16H20N4O3S/c1-24(22,23)19-15-6-3-14(4-7-15)5-8-16(21)18-9-2-11-20-12-10-17-13-20/h3-8,10,12-13,19H,2,9,11H2,1H3,(H,18,21). The Kier molecular flexibility index (Phi) is 6.14. The highest BCUT2D eigenvalue weighted by atomic mass is 32.2. The highest BCUT2D eigenvalue weighted by molar-refractivity contribution is 7.92. The van der Waals surface area contributed by atoms with Crippen molar-refractivity contribution in [2.75, 3.05) is 17.5 Å². The fraction of sp³-hybridized carbons (Fsp3) is 0.250. The average Bonchev–Trinajstić information content (AvgIpc) is 3.03. The fourth-order valence-corrected chi connectivity index (χ4v) is 2.56. The van der Waals surface area contributed by atoms with E-state index in [1.54, 1.807) is 42.9 Å². The largest absolute Gasteiger partial charge is 0.352 e. The summed E-state index contributed by atoms with van der Waals surface area (Å²) < 4.78 is 26.6. The van der Waals surface area contributed by atoms with Crippen molar-refractivity contribution < 1.29 is 13.2 Å². The van der Waals surface area contributed by atoms with Gasteiger partial charge in [0.25, 0.3) is 0 Å². The second-order valence-electron chi connectivity index (χ2n) is 5.27. The zero-order chi connectivity index (χ0) is 17.4. The van der Waals surface area contributed by atoms with E-state index in [0.29, 0.717) is 12.2 Å². The van der Waals surface area contributed by atoms with Crippen LogP contribution in [0.15, 0.2) is 49.1 Å². The number of imidazole rings is 1. The highest BCUT2D eigenvalue weighted by Crippen LogP contribution is 2.11. The minimum Gasteiger partial charge on any atom is -0.352 e. The zero-order valence-corrected chi connectivity index (χ0v) is 14.2. The van der Waals surface area contributed by atoms with Gasteiger partial charge in [-0.05, 0) is 30.2 Å². The molecule has 128 valence electrons. The second-order valence-corrected chi connectivity index (χ2v) is 7.02. The summed E-state index contributed by atoms with van der Waals surface area (Å²) in [6, 6.07) is 6.75. The van der Waals surface area contributed by atoms with Crippen molar-refractivity contribution in [3.8, 4) is 0 Å². The summed E-state index contributed by atoms with van der Waals surface area (Å²) in [6.45, 7) is 1.39. The molecule has 0 unspecified atom stereocenters. The zero-order valence-electron chi connectivity index (χ0n) is 13.3. The fourth-order valence-electron chi connectivity index (χ4n) is 2.00. The van der Waals surface area contributed by atoms with E-state index in [9.17, 15) is 13.2 Å². The smallest absolute Gasteiger partial charge is 0.244 e. The first kappa shape index (κ1) is 17.7. The van der Waals surface area contributed by atoms with E-state index in [2.05, 4.69) is 15.0 Å². The average molecular weight is 348 g/mol. The Hall–Kier alpha value is -2.61. The number of hydrogen-bond donors (Lipinski definition) is 2. The molecule has 0 saturated carbocycles. The molecule has 1 amide bonds. The number of benzene rings is 1. The molecule has 1 aromatic heterocycles. The minimum absolute atomic E-state index is 0.168.